The molecule has 1 fully saturated rings. The molecule has 2 aliphatic rings. The highest BCUT2D eigenvalue weighted by Gasteiger charge is 2.37. The van der Waals surface area contributed by atoms with Gasteiger partial charge >= 0.3 is 0 Å². The molecule has 4 atom stereocenters. The summed E-state index contributed by atoms with van der Waals surface area (Å²) in [5.74, 6) is 1.55. The number of hydrogen-bond acceptors (Lipinski definition) is 2. The van der Waals surface area contributed by atoms with Gasteiger partial charge in [-0.3, -0.25) is 0 Å². The molecule has 1 aliphatic carbocycles. The molecule has 124 valence electrons. The van der Waals surface area contributed by atoms with Gasteiger partial charge in [0.15, 0.2) is 0 Å². The zero-order chi connectivity index (χ0) is 16.6. The largest absolute Gasteiger partial charge is 0.243 e. The Morgan fingerprint density at radius 2 is 1.35 bits per heavy atom. The molecule has 1 unspecified atom stereocenters. The maximum Gasteiger partial charge on any atom is 0.243 e. The second kappa shape index (κ2) is 6.25. The maximum absolute atomic E-state index is 12.9. The number of hydrogen-bond donors (Lipinski definition) is 0. The van der Waals surface area contributed by atoms with E-state index < -0.39 is 10.0 Å². The number of rotatable bonds is 2. The van der Waals surface area contributed by atoms with E-state index in [1.165, 1.54) is 0 Å². The molecule has 0 N–H and O–H groups in total. The van der Waals surface area contributed by atoms with E-state index in [0.717, 1.165) is 5.56 Å². The van der Waals surface area contributed by atoms with Crippen molar-refractivity contribution in [3.8, 4) is 0 Å². The van der Waals surface area contributed by atoms with Crippen LogP contribution in [0.1, 0.15) is 19.4 Å². The molecule has 1 aliphatic heterocycles. The molecule has 0 aromatic heterocycles. The fraction of sp³-hybridized carbons (Fsp3) is 0.474. The van der Waals surface area contributed by atoms with Crippen molar-refractivity contribution >= 4 is 10.0 Å². The maximum atomic E-state index is 12.9. The van der Waals surface area contributed by atoms with Gasteiger partial charge in [0.05, 0.1) is 4.90 Å². The number of benzene rings is 1. The SMILES string of the molecule is Cc1ccc(S(=O)(=O)N2CC3/C=C\[C@@H](C)[C@@H](C)/C=C\[C@H]3C2)cc1. The van der Waals surface area contributed by atoms with Gasteiger partial charge in [0, 0.05) is 13.1 Å². The fourth-order valence-corrected chi connectivity index (χ4v) is 4.78. The topological polar surface area (TPSA) is 37.4 Å². The molecule has 1 aromatic carbocycles. The third kappa shape index (κ3) is 3.29. The van der Waals surface area contributed by atoms with Crippen LogP contribution in [0.4, 0.5) is 0 Å². The van der Waals surface area contributed by atoms with Crippen LogP contribution in [0.3, 0.4) is 0 Å². The molecule has 0 spiro atoms. The summed E-state index contributed by atoms with van der Waals surface area (Å²) >= 11 is 0. The van der Waals surface area contributed by atoms with Crippen molar-refractivity contribution in [1.29, 1.82) is 0 Å². The zero-order valence-corrected chi connectivity index (χ0v) is 14.8. The second-order valence-corrected chi connectivity index (χ2v) is 8.89. The Labute approximate surface area is 139 Å². The zero-order valence-electron chi connectivity index (χ0n) is 14.0. The lowest BCUT2D eigenvalue weighted by molar-refractivity contribution is 0.467. The van der Waals surface area contributed by atoms with E-state index in [1.54, 1.807) is 16.4 Å². The summed E-state index contributed by atoms with van der Waals surface area (Å²) < 4.78 is 27.4. The number of nitrogens with zero attached hydrogens (tertiary/aromatic N) is 1. The highest BCUT2D eigenvalue weighted by atomic mass is 32.2. The van der Waals surface area contributed by atoms with E-state index in [9.17, 15) is 8.42 Å². The van der Waals surface area contributed by atoms with Gasteiger partial charge in [-0.1, -0.05) is 55.8 Å². The predicted octanol–water partition coefficient (Wildman–Crippen LogP) is 3.63. The molecule has 3 nitrogen and oxygen atoms in total. The molecule has 3 rings (SSSR count). The molecule has 0 radical (unpaired) electrons. The average Bonchev–Trinajstić information content (AvgIpc) is 2.93. The van der Waals surface area contributed by atoms with Crippen molar-refractivity contribution < 1.29 is 8.42 Å². The third-order valence-corrected chi connectivity index (χ3v) is 7.04. The highest BCUT2D eigenvalue weighted by molar-refractivity contribution is 7.89. The monoisotopic (exact) mass is 331 g/mol. The van der Waals surface area contributed by atoms with Gasteiger partial charge < -0.3 is 0 Å². The minimum atomic E-state index is -3.40. The highest BCUT2D eigenvalue weighted by Crippen LogP contribution is 2.33. The summed E-state index contributed by atoms with van der Waals surface area (Å²) in [7, 11) is -3.40. The van der Waals surface area contributed by atoms with Gasteiger partial charge in [0.1, 0.15) is 0 Å². The Hall–Kier alpha value is -1.39. The second-order valence-electron chi connectivity index (χ2n) is 6.95. The Morgan fingerprint density at radius 3 is 1.83 bits per heavy atom. The van der Waals surface area contributed by atoms with Crippen LogP contribution in [0.15, 0.2) is 53.5 Å². The average molecular weight is 331 g/mol. The molecule has 0 amide bonds. The van der Waals surface area contributed by atoms with E-state index >= 15 is 0 Å². The minimum Gasteiger partial charge on any atom is -0.207 e. The lowest BCUT2D eigenvalue weighted by Crippen LogP contribution is -2.29. The normalized spacial score (nSPS) is 34.4. The van der Waals surface area contributed by atoms with Gasteiger partial charge in [-0.15, -0.1) is 0 Å². The number of fused-ring (bicyclic) bond motifs is 1. The number of sulfonamides is 1. The predicted molar refractivity (Wildman–Crippen MR) is 93.5 cm³/mol. The van der Waals surface area contributed by atoms with Gasteiger partial charge in [-0.05, 0) is 42.7 Å². The van der Waals surface area contributed by atoms with Crippen LogP contribution in [-0.2, 0) is 10.0 Å². The first-order valence-electron chi connectivity index (χ1n) is 8.31. The fourth-order valence-electron chi connectivity index (χ4n) is 3.26. The molecule has 1 saturated heterocycles. The van der Waals surface area contributed by atoms with Crippen LogP contribution in [-0.4, -0.2) is 25.8 Å². The van der Waals surface area contributed by atoms with Crippen molar-refractivity contribution in [2.24, 2.45) is 23.7 Å². The van der Waals surface area contributed by atoms with Gasteiger partial charge in [-0.25, -0.2) is 8.42 Å². The van der Waals surface area contributed by atoms with Gasteiger partial charge in [0.2, 0.25) is 10.0 Å². The van der Waals surface area contributed by atoms with Crippen molar-refractivity contribution in [2.45, 2.75) is 25.7 Å². The summed E-state index contributed by atoms with van der Waals surface area (Å²) in [6.07, 6.45) is 8.93. The van der Waals surface area contributed by atoms with Gasteiger partial charge in [-0.2, -0.15) is 4.31 Å². The Balaban J connectivity index is 1.85. The van der Waals surface area contributed by atoms with E-state index in [0.29, 0.717) is 29.8 Å². The molecule has 0 saturated carbocycles. The standard InChI is InChI=1S/C19H25NO2S/c1-14-4-10-19(11-5-14)23(21,22)20-12-17-8-6-15(2)16(3)7-9-18(17)13-20/h4-11,15-18H,12-13H2,1-3H3/b8-6-,9-7-/t15-,16+,17-,18?/m0/s1. The third-order valence-electron chi connectivity index (χ3n) is 5.19. The molecular weight excluding hydrogens is 306 g/mol. The Kier molecular flexibility index (Phi) is 4.47. The molecular formula is C19H25NO2S. The summed E-state index contributed by atoms with van der Waals surface area (Å²) in [4.78, 5) is 0.395. The first-order valence-corrected chi connectivity index (χ1v) is 9.75. The summed E-state index contributed by atoms with van der Waals surface area (Å²) in [6.45, 7) is 7.53. The first kappa shape index (κ1) is 16.5. The number of allylic oxidation sites excluding steroid dienone is 2. The van der Waals surface area contributed by atoms with Crippen LogP contribution in [0.2, 0.25) is 0 Å². The van der Waals surface area contributed by atoms with E-state index in [-0.39, 0.29) is 11.8 Å². The molecule has 0 bridgehead atoms. The first-order chi connectivity index (χ1) is 10.9. The van der Waals surface area contributed by atoms with Gasteiger partial charge in [0.25, 0.3) is 0 Å². The van der Waals surface area contributed by atoms with Crippen LogP contribution in [0.25, 0.3) is 0 Å². The van der Waals surface area contributed by atoms with E-state index in [2.05, 4.69) is 38.2 Å². The van der Waals surface area contributed by atoms with E-state index in [4.69, 9.17) is 0 Å². The lowest BCUT2D eigenvalue weighted by Gasteiger charge is -2.19. The Bertz CT molecular complexity index is 692. The van der Waals surface area contributed by atoms with Crippen molar-refractivity contribution in [1.82, 2.24) is 4.31 Å². The van der Waals surface area contributed by atoms with Crippen molar-refractivity contribution in [3.63, 3.8) is 0 Å². The summed E-state index contributed by atoms with van der Waals surface area (Å²) in [5, 5.41) is 0. The summed E-state index contributed by atoms with van der Waals surface area (Å²) in [6, 6.07) is 7.13. The van der Waals surface area contributed by atoms with Crippen molar-refractivity contribution in [2.75, 3.05) is 13.1 Å². The molecule has 23 heavy (non-hydrogen) atoms. The lowest BCUT2D eigenvalue weighted by atomic mass is 9.86. The summed E-state index contributed by atoms with van der Waals surface area (Å²) in [5.41, 5.74) is 1.07. The van der Waals surface area contributed by atoms with Crippen LogP contribution >= 0.6 is 0 Å². The smallest absolute Gasteiger partial charge is 0.207 e. The molecule has 1 aromatic rings. The van der Waals surface area contributed by atoms with Crippen molar-refractivity contribution in [3.05, 3.63) is 54.1 Å². The molecule has 4 heteroatoms. The Morgan fingerprint density at radius 1 is 0.870 bits per heavy atom. The van der Waals surface area contributed by atoms with E-state index in [1.807, 2.05) is 19.1 Å². The molecule has 1 heterocycles. The minimum absolute atomic E-state index is 0.279. The quantitative estimate of drug-likeness (QED) is 0.776. The van der Waals surface area contributed by atoms with Crippen LogP contribution < -0.4 is 0 Å². The van der Waals surface area contributed by atoms with Crippen LogP contribution in [0, 0.1) is 30.6 Å². The number of aryl methyl sites for hydroxylation is 1. The van der Waals surface area contributed by atoms with Crippen LogP contribution in [0.5, 0.6) is 0 Å².